The molecule has 1 aliphatic rings. The Labute approximate surface area is 174 Å². The van der Waals surface area contributed by atoms with Crippen molar-refractivity contribution in [1.29, 1.82) is 0 Å². The molecular weight excluding hydrogens is 384 g/mol. The van der Waals surface area contributed by atoms with Crippen molar-refractivity contribution >= 4 is 15.9 Å². The molecule has 1 heterocycles. The van der Waals surface area contributed by atoms with Gasteiger partial charge >= 0.3 is 0 Å². The lowest BCUT2D eigenvalue weighted by Gasteiger charge is -2.20. The molecule has 0 aromatic heterocycles. The smallest absolute Gasteiger partial charge is 0.251 e. The van der Waals surface area contributed by atoms with Gasteiger partial charge in [0, 0.05) is 18.7 Å². The van der Waals surface area contributed by atoms with Gasteiger partial charge in [-0.2, -0.15) is 0 Å². The predicted molar refractivity (Wildman–Crippen MR) is 116 cm³/mol. The van der Waals surface area contributed by atoms with E-state index in [9.17, 15) is 13.2 Å². The summed E-state index contributed by atoms with van der Waals surface area (Å²) in [7, 11) is -3.28. The molecule has 3 rings (SSSR count). The van der Waals surface area contributed by atoms with Gasteiger partial charge in [0.05, 0.1) is 11.8 Å². The van der Waals surface area contributed by atoms with Crippen molar-refractivity contribution in [3.8, 4) is 0 Å². The van der Waals surface area contributed by atoms with Gasteiger partial charge in [-0.1, -0.05) is 42.8 Å². The van der Waals surface area contributed by atoms with E-state index in [1.54, 1.807) is 28.6 Å². The number of carbonyl (C=O) groups excluding carboxylic acids is 1. The van der Waals surface area contributed by atoms with Crippen molar-refractivity contribution in [3.63, 3.8) is 0 Å². The SMILES string of the molecule is CC[C@@H](NC(=O)c1ccc(CS(=O)(=O)N2CCCC2)cc1)c1ccc(C)cc1C. The predicted octanol–water partition coefficient (Wildman–Crippen LogP) is 4.11. The molecule has 0 bridgehead atoms. The Morgan fingerprint density at radius 1 is 1.07 bits per heavy atom. The van der Waals surface area contributed by atoms with Crippen LogP contribution < -0.4 is 5.32 Å². The average Bonchev–Trinajstić information content (AvgIpc) is 3.22. The number of hydrogen-bond donors (Lipinski definition) is 1. The van der Waals surface area contributed by atoms with E-state index in [0.29, 0.717) is 24.2 Å². The van der Waals surface area contributed by atoms with E-state index in [-0.39, 0.29) is 17.7 Å². The fraction of sp³-hybridized carbons (Fsp3) is 0.435. The summed E-state index contributed by atoms with van der Waals surface area (Å²) in [6, 6.07) is 13.1. The van der Waals surface area contributed by atoms with Gasteiger partial charge in [-0.15, -0.1) is 0 Å². The number of sulfonamides is 1. The molecule has 1 fully saturated rings. The summed E-state index contributed by atoms with van der Waals surface area (Å²) in [6.45, 7) is 7.39. The van der Waals surface area contributed by atoms with Crippen LogP contribution in [0.3, 0.4) is 0 Å². The van der Waals surface area contributed by atoms with Gasteiger partial charge in [-0.25, -0.2) is 12.7 Å². The van der Waals surface area contributed by atoms with Crippen LogP contribution in [0.4, 0.5) is 0 Å². The first kappa shape index (κ1) is 21.5. The van der Waals surface area contributed by atoms with E-state index in [1.165, 1.54) is 11.1 Å². The molecule has 1 atom stereocenters. The zero-order chi connectivity index (χ0) is 21.0. The molecular formula is C23H30N2O3S. The minimum atomic E-state index is -3.28. The number of rotatable bonds is 7. The van der Waals surface area contributed by atoms with E-state index < -0.39 is 10.0 Å². The largest absolute Gasteiger partial charge is 0.345 e. The van der Waals surface area contributed by atoms with Crippen LogP contribution in [0.1, 0.15) is 64.8 Å². The van der Waals surface area contributed by atoms with Crippen molar-refractivity contribution in [1.82, 2.24) is 9.62 Å². The summed E-state index contributed by atoms with van der Waals surface area (Å²) in [4.78, 5) is 12.7. The quantitative estimate of drug-likeness (QED) is 0.741. The van der Waals surface area contributed by atoms with Crippen molar-refractivity contribution < 1.29 is 13.2 Å². The molecule has 1 amide bonds. The molecule has 5 nitrogen and oxygen atoms in total. The van der Waals surface area contributed by atoms with Crippen LogP contribution in [0.5, 0.6) is 0 Å². The molecule has 0 radical (unpaired) electrons. The van der Waals surface area contributed by atoms with Crippen molar-refractivity contribution in [2.75, 3.05) is 13.1 Å². The molecule has 0 aliphatic carbocycles. The summed E-state index contributed by atoms with van der Waals surface area (Å²) in [6.07, 6.45) is 2.65. The third kappa shape index (κ3) is 5.25. The van der Waals surface area contributed by atoms with Gasteiger partial charge in [0.15, 0.2) is 0 Å². The van der Waals surface area contributed by atoms with Gasteiger partial charge < -0.3 is 5.32 Å². The molecule has 0 spiro atoms. The lowest BCUT2D eigenvalue weighted by molar-refractivity contribution is 0.0935. The first-order valence-electron chi connectivity index (χ1n) is 10.2. The van der Waals surface area contributed by atoms with Crippen molar-refractivity contribution in [3.05, 3.63) is 70.3 Å². The van der Waals surface area contributed by atoms with Crippen LogP contribution in [0.2, 0.25) is 0 Å². The second kappa shape index (κ2) is 9.09. The molecule has 0 unspecified atom stereocenters. The first-order chi connectivity index (χ1) is 13.8. The molecule has 2 aromatic rings. The fourth-order valence-corrected chi connectivity index (χ4v) is 5.49. The Hall–Kier alpha value is -2.18. The standard InChI is InChI=1S/C23H30N2O3S/c1-4-22(21-12-7-17(2)15-18(21)3)24-23(26)20-10-8-19(9-11-20)16-29(27,28)25-13-5-6-14-25/h7-12,15,22H,4-6,13-14,16H2,1-3H3,(H,24,26)/t22-/m1/s1. The molecule has 2 aromatic carbocycles. The average molecular weight is 415 g/mol. The Morgan fingerprint density at radius 3 is 2.31 bits per heavy atom. The minimum absolute atomic E-state index is 0.0188. The summed E-state index contributed by atoms with van der Waals surface area (Å²) in [5.74, 6) is -0.166. The highest BCUT2D eigenvalue weighted by Crippen LogP contribution is 2.23. The molecule has 1 N–H and O–H groups in total. The lowest BCUT2D eigenvalue weighted by atomic mass is 9.97. The van der Waals surface area contributed by atoms with E-state index in [1.807, 2.05) is 0 Å². The lowest BCUT2D eigenvalue weighted by Crippen LogP contribution is -2.29. The second-order valence-electron chi connectivity index (χ2n) is 7.85. The number of nitrogens with zero attached hydrogens (tertiary/aromatic N) is 1. The number of benzene rings is 2. The molecule has 1 aliphatic heterocycles. The van der Waals surface area contributed by atoms with E-state index in [4.69, 9.17) is 0 Å². The summed E-state index contributed by atoms with van der Waals surface area (Å²) in [5.41, 5.74) is 4.73. The number of nitrogens with one attached hydrogen (secondary N) is 1. The number of hydrogen-bond acceptors (Lipinski definition) is 3. The van der Waals surface area contributed by atoms with Crippen LogP contribution in [0, 0.1) is 13.8 Å². The van der Waals surface area contributed by atoms with Crippen LogP contribution >= 0.6 is 0 Å². The van der Waals surface area contributed by atoms with Crippen molar-refractivity contribution in [2.24, 2.45) is 0 Å². The zero-order valence-electron chi connectivity index (χ0n) is 17.4. The second-order valence-corrected chi connectivity index (χ2v) is 9.82. The molecule has 6 heteroatoms. The Balaban J connectivity index is 1.68. The van der Waals surface area contributed by atoms with E-state index >= 15 is 0 Å². The normalized spacial score (nSPS) is 16.0. The summed E-state index contributed by atoms with van der Waals surface area (Å²) >= 11 is 0. The molecule has 0 saturated carbocycles. The summed E-state index contributed by atoms with van der Waals surface area (Å²) < 4.78 is 26.5. The highest BCUT2D eigenvalue weighted by atomic mass is 32.2. The highest BCUT2D eigenvalue weighted by molar-refractivity contribution is 7.88. The van der Waals surface area contributed by atoms with Crippen LogP contribution in [0.25, 0.3) is 0 Å². The van der Waals surface area contributed by atoms with Gasteiger partial charge in [0.1, 0.15) is 0 Å². The third-order valence-corrected chi connectivity index (χ3v) is 7.39. The van der Waals surface area contributed by atoms with E-state index in [0.717, 1.165) is 24.8 Å². The maximum absolute atomic E-state index is 12.7. The Morgan fingerprint density at radius 2 is 1.72 bits per heavy atom. The number of amides is 1. The van der Waals surface area contributed by atoms with Crippen LogP contribution in [0.15, 0.2) is 42.5 Å². The van der Waals surface area contributed by atoms with Crippen LogP contribution in [-0.2, 0) is 15.8 Å². The number of aryl methyl sites for hydroxylation is 2. The van der Waals surface area contributed by atoms with Gasteiger partial charge in [0.25, 0.3) is 5.91 Å². The van der Waals surface area contributed by atoms with Crippen molar-refractivity contribution in [2.45, 2.75) is 51.8 Å². The maximum atomic E-state index is 12.7. The molecule has 29 heavy (non-hydrogen) atoms. The third-order valence-electron chi connectivity index (χ3n) is 5.54. The maximum Gasteiger partial charge on any atom is 0.251 e. The first-order valence-corrected chi connectivity index (χ1v) is 11.9. The monoisotopic (exact) mass is 414 g/mol. The highest BCUT2D eigenvalue weighted by Gasteiger charge is 2.25. The minimum Gasteiger partial charge on any atom is -0.345 e. The zero-order valence-corrected chi connectivity index (χ0v) is 18.3. The van der Waals surface area contributed by atoms with E-state index in [2.05, 4.69) is 44.3 Å². The van der Waals surface area contributed by atoms with Gasteiger partial charge in [-0.05, 0) is 61.9 Å². The topological polar surface area (TPSA) is 66.5 Å². The molecule has 156 valence electrons. The Kier molecular flexibility index (Phi) is 6.75. The number of carbonyl (C=O) groups is 1. The fourth-order valence-electron chi connectivity index (χ4n) is 3.88. The van der Waals surface area contributed by atoms with Crippen LogP contribution in [-0.4, -0.2) is 31.7 Å². The van der Waals surface area contributed by atoms with Gasteiger partial charge in [0.2, 0.25) is 10.0 Å². The van der Waals surface area contributed by atoms with Gasteiger partial charge in [-0.3, -0.25) is 4.79 Å². The Bertz CT molecular complexity index is 962. The molecule has 1 saturated heterocycles. The summed E-state index contributed by atoms with van der Waals surface area (Å²) in [5, 5.41) is 3.11.